The zero-order valence-corrected chi connectivity index (χ0v) is 11.3. The second-order valence-corrected chi connectivity index (χ2v) is 4.26. The molecule has 0 aliphatic carbocycles. The number of benzene rings is 1. The third kappa shape index (κ3) is 2.46. The van der Waals surface area contributed by atoms with Crippen molar-refractivity contribution in [2.24, 2.45) is 0 Å². The zero-order chi connectivity index (χ0) is 13.9. The van der Waals surface area contributed by atoms with Crippen LogP contribution in [-0.2, 0) is 0 Å². The van der Waals surface area contributed by atoms with Gasteiger partial charge in [-0.3, -0.25) is 4.57 Å². The molecule has 0 radical (unpaired) electrons. The molecule has 0 unspecified atom stereocenters. The number of rotatable bonds is 3. The highest BCUT2D eigenvalue weighted by Gasteiger charge is 2.08. The van der Waals surface area contributed by atoms with Crippen LogP contribution in [0.2, 0.25) is 5.28 Å². The van der Waals surface area contributed by atoms with Crippen LogP contribution in [0.1, 0.15) is 0 Å². The van der Waals surface area contributed by atoms with E-state index in [4.69, 9.17) is 16.3 Å². The molecule has 0 fully saturated rings. The molecule has 0 atom stereocenters. The Hall–Kier alpha value is -2.47. The standard InChI is InChI=1S/C13H10ClN5O/c1-20-10-4-2-9(3-5-10)11-16-12(14)18-13(17-11)19-7-6-15-8-19/h2-8H,1H3. The number of hydrogen-bond donors (Lipinski definition) is 0. The average molecular weight is 288 g/mol. The number of hydrogen-bond acceptors (Lipinski definition) is 5. The van der Waals surface area contributed by atoms with Crippen molar-refractivity contribution in [1.82, 2.24) is 24.5 Å². The Morgan fingerprint density at radius 1 is 1.10 bits per heavy atom. The molecule has 1 aromatic carbocycles. The van der Waals surface area contributed by atoms with Crippen molar-refractivity contribution in [3.63, 3.8) is 0 Å². The molecule has 2 aromatic heterocycles. The van der Waals surface area contributed by atoms with Crippen molar-refractivity contribution in [2.75, 3.05) is 7.11 Å². The molecule has 3 aromatic rings. The van der Waals surface area contributed by atoms with Gasteiger partial charge in [0.2, 0.25) is 11.2 Å². The summed E-state index contributed by atoms with van der Waals surface area (Å²) in [6.45, 7) is 0. The quantitative estimate of drug-likeness (QED) is 0.740. The Balaban J connectivity index is 2.04. The predicted octanol–water partition coefficient (Wildman–Crippen LogP) is 2.39. The van der Waals surface area contributed by atoms with E-state index in [2.05, 4.69) is 19.9 Å². The summed E-state index contributed by atoms with van der Waals surface area (Å²) in [5.41, 5.74) is 0.830. The van der Waals surface area contributed by atoms with Crippen molar-refractivity contribution in [3.8, 4) is 23.1 Å². The number of imidazole rings is 1. The highest BCUT2D eigenvalue weighted by molar-refractivity contribution is 6.28. The lowest BCUT2D eigenvalue weighted by Gasteiger charge is -2.05. The van der Waals surface area contributed by atoms with E-state index >= 15 is 0 Å². The van der Waals surface area contributed by atoms with Crippen molar-refractivity contribution in [1.29, 1.82) is 0 Å². The molecule has 2 heterocycles. The molecule has 0 saturated carbocycles. The van der Waals surface area contributed by atoms with Crippen molar-refractivity contribution < 1.29 is 4.74 Å². The molecule has 0 aliphatic heterocycles. The van der Waals surface area contributed by atoms with Crippen LogP contribution in [0.3, 0.4) is 0 Å². The van der Waals surface area contributed by atoms with E-state index in [0.29, 0.717) is 11.8 Å². The lowest BCUT2D eigenvalue weighted by molar-refractivity contribution is 0.415. The first kappa shape index (κ1) is 12.6. The SMILES string of the molecule is COc1ccc(-c2nc(Cl)nc(-n3ccnc3)n2)cc1. The number of ether oxygens (including phenoxy) is 1. The van der Waals surface area contributed by atoms with Gasteiger partial charge in [-0.1, -0.05) is 0 Å². The number of nitrogens with zero attached hydrogens (tertiary/aromatic N) is 5. The van der Waals surface area contributed by atoms with Crippen LogP contribution in [-0.4, -0.2) is 31.6 Å². The van der Waals surface area contributed by atoms with E-state index in [9.17, 15) is 0 Å². The topological polar surface area (TPSA) is 65.7 Å². The molecule has 0 aliphatic rings. The van der Waals surface area contributed by atoms with Gasteiger partial charge in [0.05, 0.1) is 7.11 Å². The van der Waals surface area contributed by atoms with Gasteiger partial charge in [-0.25, -0.2) is 4.98 Å². The van der Waals surface area contributed by atoms with Crippen LogP contribution in [0.5, 0.6) is 5.75 Å². The maximum atomic E-state index is 5.95. The van der Waals surface area contributed by atoms with Crippen molar-refractivity contribution >= 4 is 11.6 Å². The summed E-state index contributed by atoms with van der Waals surface area (Å²) in [6.07, 6.45) is 4.98. The molecule has 6 nitrogen and oxygen atoms in total. The molecule has 7 heteroatoms. The van der Waals surface area contributed by atoms with Gasteiger partial charge in [-0.05, 0) is 35.9 Å². The highest BCUT2D eigenvalue weighted by Crippen LogP contribution is 2.20. The van der Waals surface area contributed by atoms with Gasteiger partial charge in [0.25, 0.3) is 0 Å². The third-order valence-corrected chi connectivity index (χ3v) is 2.85. The lowest BCUT2D eigenvalue weighted by atomic mass is 10.2. The van der Waals surface area contributed by atoms with Gasteiger partial charge in [0, 0.05) is 18.0 Å². The first-order valence-electron chi connectivity index (χ1n) is 5.80. The van der Waals surface area contributed by atoms with E-state index in [1.54, 1.807) is 30.4 Å². The van der Waals surface area contributed by atoms with Gasteiger partial charge >= 0.3 is 0 Å². The van der Waals surface area contributed by atoms with Crippen LogP contribution in [0.25, 0.3) is 17.3 Å². The summed E-state index contributed by atoms with van der Waals surface area (Å²) in [5.74, 6) is 1.69. The average Bonchev–Trinajstić information content (AvgIpc) is 3.01. The second kappa shape index (κ2) is 5.26. The van der Waals surface area contributed by atoms with E-state index in [1.165, 1.54) is 0 Å². The molecule has 0 N–H and O–H groups in total. The summed E-state index contributed by atoms with van der Waals surface area (Å²) >= 11 is 5.95. The Kier molecular flexibility index (Phi) is 3.30. The summed E-state index contributed by atoms with van der Waals surface area (Å²) in [5, 5.41) is 0.134. The molecule has 100 valence electrons. The Labute approximate surface area is 120 Å². The van der Waals surface area contributed by atoms with E-state index < -0.39 is 0 Å². The molecule has 0 spiro atoms. The zero-order valence-electron chi connectivity index (χ0n) is 10.6. The van der Waals surface area contributed by atoms with Gasteiger partial charge in [0.15, 0.2) is 5.82 Å². The third-order valence-electron chi connectivity index (χ3n) is 2.68. The second-order valence-electron chi connectivity index (χ2n) is 3.93. The van der Waals surface area contributed by atoms with E-state index in [1.807, 2.05) is 24.3 Å². The van der Waals surface area contributed by atoms with Crippen LogP contribution >= 0.6 is 11.6 Å². The van der Waals surface area contributed by atoms with Gasteiger partial charge < -0.3 is 4.74 Å². The minimum Gasteiger partial charge on any atom is -0.497 e. The Morgan fingerprint density at radius 2 is 1.90 bits per heavy atom. The largest absolute Gasteiger partial charge is 0.497 e. The number of methoxy groups -OCH3 is 1. The summed E-state index contributed by atoms with van der Waals surface area (Å²) < 4.78 is 6.79. The molecular formula is C13H10ClN5O. The van der Waals surface area contributed by atoms with Gasteiger partial charge in [-0.2, -0.15) is 15.0 Å². The molecule has 0 amide bonds. The van der Waals surface area contributed by atoms with Crippen LogP contribution in [0.15, 0.2) is 43.0 Å². The fraction of sp³-hybridized carbons (Fsp3) is 0.0769. The summed E-state index contributed by atoms with van der Waals surface area (Å²) in [6, 6.07) is 7.40. The summed E-state index contributed by atoms with van der Waals surface area (Å²) in [7, 11) is 1.62. The molecule has 3 rings (SSSR count). The summed E-state index contributed by atoms with van der Waals surface area (Å²) in [4.78, 5) is 16.5. The highest BCUT2D eigenvalue weighted by atomic mass is 35.5. The van der Waals surface area contributed by atoms with Crippen LogP contribution < -0.4 is 4.74 Å². The molecule has 0 bridgehead atoms. The van der Waals surface area contributed by atoms with Crippen LogP contribution in [0.4, 0.5) is 0 Å². The fourth-order valence-electron chi connectivity index (χ4n) is 1.70. The minimum absolute atomic E-state index is 0.134. The monoisotopic (exact) mass is 287 g/mol. The Bertz CT molecular complexity index is 712. The predicted molar refractivity (Wildman–Crippen MR) is 73.9 cm³/mol. The van der Waals surface area contributed by atoms with E-state index in [0.717, 1.165) is 11.3 Å². The first-order valence-corrected chi connectivity index (χ1v) is 6.18. The minimum atomic E-state index is 0.134. The molecule has 0 saturated heterocycles. The van der Waals surface area contributed by atoms with Crippen molar-refractivity contribution in [2.45, 2.75) is 0 Å². The first-order chi connectivity index (χ1) is 9.76. The fourth-order valence-corrected chi connectivity index (χ4v) is 1.86. The normalized spacial score (nSPS) is 10.5. The van der Waals surface area contributed by atoms with Crippen LogP contribution in [0, 0.1) is 0 Å². The lowest BCUT2D eigenvalue weighted by Crippen LogP contribution is -2.02. The molecular weight excluding hydrogens is 278 g/mol. The molecule has 20 heavy (non-hydrogen) atoms. The van der Waals surface area contributed by atoms with Gasteiger partial charge in [0.1, 0.15) is 12.1 Å². The maximum absolute atomic E-state index is 5.95. The van der Waals surface area contributed by atoms with Crippen molar-refractivity contribution in [3.05, 3.63) is 48.3 Å². The van der Waals surface area contributed by atoms with E-state index in [-0.39, 0.29) is 5.28 Å². The maximum Gasteiger partial charge on any atom is 0.239 e. The number of halogens is 1. The Morgan fingerprint density at radius 3 is 2.55 bits per heavy atom. The number of aromatic nitrogens is 5. The van der Waals surface area contributed by atoms with Gasteiger partial charge in [-0.15, -0.1) is 0 Å². The smallest absolute Gasteiger partial charge is 0.239 e.